The molecule has 0 N–H and O–H groups in total. The van der Waals surface area contributed by atoms with Gasteiger partial charge in [-0.1, -0.05) is 121 Å². The molecule has 0 amide bonds. The number of aromatic nitrogens is 5. The minimum atomic E-state index is 0.635. The summed E-state index contributed by atoms with van der Waals surface area (Å²) in [6, 6.07) is 65.9. The summed E-state index contributed by atoms with van der Waals surface area (Å²) in [6.45, 7) is 0. The topological polar surface area (TPSA) is 61.2 Å². The number of hydrogen-bond acceptors (Lipinski definition) is 4. The maximum absolute atomic E-state index is 6.58. The first-order valence-corrected chi connectivity index (χ1v) is 19.9. The molecule has 0 atom stereocenters. The van der Waals surface area contributed by atoms with E-state index < -0.39 is 0 Å². The molecule has 0 unspecified atom stereocenters. The van der Waals surface area contributed by atoms with Crippen LogP contribution in [-0.4, -0.2) is 23.9 Å². The van der Waals surface area contributed by atoms with Crippen molar-refractivity contribution in [3.63, 3.8) is 0 Å². The molecule has 0 saturated carbocycles. The lowest BCUT2D eigenvalue weighted by Crippen LogP contribution is -2.00. The summed E-state index contributed by atoms with van der Waals surface area (Å²) < 4.78 is 11.2. The summed E-state index contributed by atoms with van der Waals surface area (Å²) in [7, 11) is 0. The standard InChI is InChI=1S/C53H31N5O/c1-3-14-32(15-4-1)50-49-51(37-19-8-11-23-43(37)58-45-24-12-9-21-41(45)54-53(49)58)56-52(55-50)38-20-13-25-47-48(38)40-31-34(27-29-46(40)59-47)33-26-28-44-39(30-33)36-18-7-10-22-42(36)57(44)35-16-5-2-6-17-35/h1-31H. The quantitative estimate of drug-likeness (QED) is 0.168. The summed E-state index contributed by atoms with van der Waals surface area (Å²) in [4.78, 5) is 16.2. The van der Waals surface area contributed by atoms with Gasteiger partial charge in [0.25, 0.3) is 0 Å². The highest BCUT2D eigenvalue weighted by atomic mass is 16.3. The SMILES string of the molecule is c1ccc(-c2nc(-c3cccc4oc5ccc(-c6ccc7c(c6)c6ccccc6n7-c6ccccc6)cc5c34)nc3c4ccccc4n4c5ccccc5nc4c23)cc1. The molecule has 5 heterocycles. The van der Waals surface area contributed by atoms with Crippen LogP contribution >= 0.6 is 0 Å². The van der Waals surface area contributed by atoms with E-state index in [1.807, 2.05) is 24.3 Å². The maximum Gasteiger partial charge on any atom is 0.161 e. The van der Waals surface area contributed by atoms with Gasteiger partial charge in [-0.2, -0.15) is 0 Å². The Morgan fingerprint density at radius 3 is 1.93 bits per heavy atom. The van der Waals surface area contributed by atoms with Gasteiger partial charge in [0.1, 0.15) is 16.8 Å². The minimum Gasteiger partial charge on any atom is -0.456 e. The molecule has 13 rings (SSSR count). The van der Waals surface area contributed by atoms with Crippen molar-refractivity contribution in [1.29, 1.82) is 0 Å². The third-order valence-electron chi connectivity index (χ3n) is 11.9. The van der Waals surface area contributed by atoms with E-state index in [-0.39, 0.29) is 0 Å². The molecule has 5 aromatic heterocycles. The fraction of sp³-hybridized carbons (Fsp3) is 0. The zero-order valence-corrected chi connectivity index (χ0v) is 31.5. The van der Waals surface area contributed by atoms with Gasteiger partial charge in [0.05, 0.1) is 44.2 Å². The fourth-order valence-electron chi connectivity index (χ4n) is 9.30. The van der Waals surface area contributed by atoms with E-state index in [1.54, 1.807) is 0 Å². The van der Waals surface area contributed by atoms with E-state index in [4.69, 9.17) is 19.4 Å². The maximum atomic E-state index is 6.58. The molecule has 8 aromatic carbocycles. The number of rotatable bonds is 4. The highest BCUT2D eigenvalue weighted by molar-refractivity contribution is 6.18. The van der Waals surface area contributed by atoms with E-state index in [0.717, 1.165) is 94.1 Å². The number of pyridine rings is 1. The van der Waals surface area contributed by atoms with E-state index in [2.05, 4.69) is 173 Å². The Balaban J connectivity index is 1.06. The average Bonchev–Trinajstić information content (AvgIpc) is 3.99. The second-order valence-corrected chi connectivity index (χ2v) is 15.2. The van der Waals surface area contributed by atoms with Gasteiger partial charge in [0, 0.05) is 43.7 Å². The molecule has 0 fully saturated rings. The van der Waals surface area contributed by atoms with Crippen LogP contribution in [0.5, 0.6) is 0 Å². The van der Waals surface area contributed by atoms with Crippen molar-refractivity contribution < 1.29 is 4.42 Å². The number of imidazole rings is 1. The number of benzene rings is 8. The van der Waals surface area contributed by atoms with Crippen LogP contribution in [0.2, 0.25) is 0 Å². The summed E-state index contributed by atoms with van der Waals surface area (Å²) in [5.74, 6) is 0.635. The number of furan rings is 1. The van der Waals surface area contributed by atoms with Crippen molar-refractivity contribution in [3.8, 4) is 39.5 Å². The Morgan fingerprint density at radius 2 is 1.08 bits per heavy atom. The van der Waals surface area contributed by atoms with E-state index in [0.29, 0.717) is 5.82 Å². The van der Waals surface area contributed by atoms with Gasteiger partial charge in [-0.05, 0) is 77.9 Å². The Hall–Kier alpha value is -8.09. The monoisotopic (exact) mass is 753 g/mol. The second-order valence-electron chi connectivity index (χ2n) is 15.2. The molecule has 59 heavy (non-hydrogen) atoms. The summed E-state index contributed by atoms with van der Waals surface area (Å²) in [6.07, 6.45) is 0. The predicted octanol–water partition coefficient (Wildman–Crippen LogP) is 13.6. The summed E-state index contributed by atoms with van der Waals surface area (Å²) in [5.41, 5.74) is 14.8. The van der Waals surface area contributed by atoms with Crippen molar-refractivity contribution in [2.24, 2.45) is 0 Å². The summed E-state index contributed by atoms with van der Waals surface area (Å²) >= 11 is 0. The first kappa shape index (κ1) is 32.0. The smallest absolute Gasteiger partial charge is 0.161 e. The Morgan fingerprint density at radius 1 is 0.407 bits per heavy atom. The molecule has 6 heteroatoms. The predicted molar refractivity (Wildman–Crippen MR) is 241 cm³/mol. The van der Waals surface area contributed by atoms with Gasteiger partial charge in [-0.3, -0.25) is 4.40 Å². The van der Waals surface area contributed by atoms with Crippen molar-refractivity contribution >= 4 is 82.2 Å². The molecule has 0 aliphatic carbocycles. The highest BCUT2D eigenvalue weighted by Gasteiger charge is 2.23. The molecule has 0 radical (unpaired) electrons. The van der Waals surface area contributed by atoms with Crippen LogP contribution in [0.3, 0.4) is 0 Å². The molecular weight excluding hydrogens is 723 g/mol. The molecule has 0 bridgehead atoms. The van der Waals surface area contributed by atoms with E-state index in [1.165, 1.54) is 21.8 Å². The van der Waals surface area contributed by atoms with Crippen LogP contribution in [-0.2, 0) is 0 Å². The normalized spacial score (nSPS) is 12.1. The van der Waals surface area contributed by atoms with Crippen LogP contribution in [0.4, 0.5) is 0 Å². The second kappa shape index (κ2) is 12.2. The lowest BCUT2D eigenvalue weighted by molar-refractivity contribution is 0.669. The number of hydrogen-bond donors (Lipinski definition) is 0. The summed E-state index contributed by atoms with van der Waals surface area (Å²) in [5, 5.41) is 6.40. The Labute approximate surface area is 336 Å². The van der Waals surface area contributed by atoms with Gasteiger partial charge in [0.15, 0.2) is 5.82 Å². The fourth-order valence-corrected chi connectivity index (χ4v) is 9.30. The molecule has 0 saturated heterocycles. The van der Waals surface area contributed by atoms with Crippen LogP contribution in [0.15, 0.2) is 192 Å². The third-order valence-corrected chi connectivity index (χ3v) is 11.9. The zero-order valence-electron chi connectivity index (χ0n) is 31.5. The van der Waals surface area contributed by atoms with Crippen molar-refractivity contribution in [3.05, 3.63) is 188 Å². The number of nitrogens with zero attached hydrogens (tertiary/aromatic N) is 5. The van der Waals surface area contributed by atoms with Crippen molar-refractivity contribution in [2.75, 3.05) is 0 Å². The molecular formula is C53H31N5O. The Kier molecular flexibility index (Phi) is 6.63. The van der Waals surface area contributed by atoms with E-state index in [9.17, 15) is 0 Å². The lowest BCUT2D eigenvalue weighted by Gasteiger charge is -2.14. The molecule has 13 aromatic rings. The van der Waals surface area contributed by atoms with Gasteiger partial charge in [-0.25, -0.2) is 15.0 Å². The largest absolute Gasteiger partial charge is 0.456 e. The van der Waals surface area contributed by atoms with Crippen LogP contribution < -0.4 is 0 Å². The van der Waals surface area contributed by atoms with Crippen molar-refractivity contribution in [1.82, 2.24) is 23.9 Å². The van der Waals surface area contributed by atoms with Gasteiger partial charge in [0.2, 0.25) is 0 Å². The average molecular weight is 754 g/mol. The van der Waals surface area contributed by atoms with Crippen LogP contribution in [0.1, 0.15) is 0 Å². The van der Waals surface area contributed by atoms with Crippen LogP contribution in [0, 0.1) is 0 Å². The molecule has 0 spiro atoms. The van der Waals surface area contributed by atoms with E-state index >= 15 is 0 Å². The molecule has 0 aliphatic heterocycles. The third kappa shape index (κ3) is 4.65. The minimum absolute atomic E-state index is 0.635. The first-order valence-electron chi connectivity index (χ1n) is 19.9. The lowest BCUT2D eigenvalue weighted by atomic mass is 9.99. The molecule has 274 valence electrons. The van der Waals surface area contributed by atoms with Crippen molar-refractivity contribution in [2.45, 2.75) is 0 Å². The zero-order chi connectivity index (χ0) is 38.6. The molecule has 0 aliphatic rings. The molecule has 6 nitrogen and oxygen atoms in total. The first-order chi connectivity index (χ1) is 29.3. The van der Waals surface area contributed by atoms with Gasteiger partial charge in [-0.15, -0.1) is 0 Å². The van der Waals surface area contributed by atoms with Gasteiger partial charge < -0.3 is 8.98 Å². The van der Waals surface area contributed by atoms with Crippen LogP contribution in [0.25, 0.3) is 122 Å². The highest BCUT2D eigenvalue weighted by Crippen LogP contribution is 2.42. The number of fused-ring (bicyclic) bond motifs is 14. The number of para-hydroxylation sites is 5. The van der Waals surface area contributed by atoms with Gasteiger partial charge >= 0.3 is 0 Å². The Bertz CT molecular complexity index is 3840.